The molecule has 1 aliphatic rings. The number of rotatable bonds is 3. The molecule has 0 bridgehead atoms. The molecule has 0 unspecified atom stereocenters. The van der Waals surface area contributed by atoms with Crippen molar-refractivity contribution in [1.82, 2.24) is 19.9 Å². The van der Waals surface area contributed by atoms with Gasteiger partial charge in [0.1, 0.15) is 11.4 Å². The molecule has 0 radical (unpaired) electrons. The summed E-state index contributed by atoms with van der Waals surface area (Å²) in [7, 11) is 0. The van der Waals surface area contributed by atoms with Crippen LogP contribution in [0.5, 0.6) is 0 Å². The summed E-state index contributed by atoms with van der Waals surface area (Å²) >= 11 is 6.07. The van der Waals surface area contributed by atoms with Crippen LogP contribution in [0, 0.1) is 0 Å². The number of benzene rings is 1. The van der Waals surface area contributed by atoms with E-state index >= 15 is 0 Å². The number of carbonyl (C=O) groups excluding carboxylic acids is 1. The van der Waals surface area contributed by atoms with Gasteiger partial charge in [-0.1, -0.05) is 23.7 Å². The highest BCUT2D eigenvalue weighted by molar-refractivity contribution is 6.30. The van der Waals surface area contributed by atoms with E-state index in [9.17, 15) is 4.79 Å². The first-order valence-electron chi connectivity index (χ1n) is 10.6. The highest BCUT2D eigenvalue weighted by atomic mass is 35.5. The molecule has 1 aromatic carbocycles. The van der Waals surface area contributed by atoms with Crippen molar-refractivity contribution in [2.75, 3.05) is 31.1 Å². The van der Waals surface area contributed by atoms with Crippen LogP contribution in [-0.2, 0) is 4.74 Å². The van der Waals surface area contributed by atoms with E-state index < -0.39 is 5.60 Å². The molecule has 166 valence electrons. The molecular formula is C24H26ClN5O2. The molecule has 0 aliphatic carbocycles. The van der Waals surface area contributed by atoms with Gasteiger partial charge in [-0.2, -0.15) is 0 Å². The van der Waals surface area contributed by atoms with E-state index in [2.05, 4.69) is 9.88 Å². The van der Waals surface area contributed by atoms with Crippen LogP contribution in [-0.4, -0.2) is 57.7 Å². The minimum absolute atomic E-state index is 0.280. The molecule has 4 rings (SSSR count). The average molecular weight is 452 g/mol. The molecular weight excluding hydrogens is 426 g/mol. The number of nitrogens with zero attached hydrogens (tertiary/aromatic N) is 5. The van der Waals surface area contributed by atoms with Crippen LogP contribution >= 0.6 is 11.6 Å². The summed E-state index contributed by atoms with van der Waals surface area (Å²) in [5.41, 5.74) is 2.10. The average Bonchev–Trinajstić information content (AvgIpc) is 2.79. The molecule has 0 N–H and O–H groups in total. The van der Waals surface area contributed by atoms with Crippen molar-refractivity contribution in [2.45, 2.75) is 26.4 Å². The lowest BCUT2D eigenvalue weighted by Crippen LogP contribution is -2.50. The Kier molecular flexibility index (Phi) is 6.28. The Morgan fingerprint density at radius 3 is 2.34 bits per heavy atom. The van der Waals surface area contributed by atoms with Crippen LogP contribution < -0.4 is 4.90 Å². The predicted octanol–water partition coefficient (Wildman–Crippen LogP) is 4.92. The zero-order chi connectivity index (χ0) is 22.7. The van der Waals surface area contributed by atoms with Crippen molar-refractivity contribution < 1.29 is 9.53 Å². The topological polar surface area (TPSA) is 71.5 Å². The number of hydrogen-bond acceptors (Lipinski definition) is 6. The van der Waals surface area contributed by atoms with Crippen LogP contribution in [0.3, 0.4) is 0 Å². The number of pyridine rings is 1. The summed E-state index contributed by atoms with van der Waals surface area (Å²) < 4.78 is 5.51. The summed E-state index contributed by atoms with van der Waals surface area (Å²) in [6.07, 6.45) is 3.20. The van der Waals surface area contributed by atoms with E-state index in [1.54, 1.807) is 17.3 Å². The molecule has 1 amide bonds. The third kappa shape index (κ3) is 5.34. The van der Waals surface area contributed by atoms with Gasteiger partial charge in [0.05, 0.1) is 5.69 Å². The maximum Gasteiger partial charge on any atom is 0.410 e. The van der Waals surface area contributed by atoms with Gasteiger partial charge in [0.15, 0.2) is 5.82 Å². The molecule has 0 atom stereocenters. The number of anilines is 1. The standard InChI is InChI=1S/C24H26ClN5O2/c1-24(2,3)32-23(31)30-13-11-29(12-14-30)21-15-20(17-6-8-19(25)9-7-17)27-22(28-21)18-5-4-10-26-16-18/h4-10,15-16H,11-14H2,1-3H3. The Morgan fingerprint density at radius 1 is 1.00 bits per heavy atom. The number of piperazine rings is 1. The number of amides is 1. The summed E-state index contributed by atoms with van der Waals surface area (Å²) in [5.74, 6) is 1.42. The minimum Gasteiger partial charge on any atom is -0.444 e. The largest absolute Gasteiger partial charge is 0.444 e. The first-order chi connectivity index (χ1) is 15.3. The lowest BCUT2D eigenvalue weighted by Gasteiger charge is -2.36. The van der Waals surface area contributed by atoms with Gasteiger partial charge < -0.3 is 14.5 Å². The smallest absolute Gasteiger partial charge is 0.410 e. The van der Waals surface area contributed by atoms with E-state index in [0.29, 0.717) is 37.0 Å². The Hall–Kier alpha value is -3.19. The van der Waals surface area contributed by atoms with Gasteiger partial charge in [-0.05, 0) is 45.0 Å². The van der Waals surface area contributed by atoms with Gasteiger partial charge in [-0.15, -0.1) is 0 Å². The number of carbonyl (C=O) groups is 1. The van der Waals surface area contributed by atoms with Crippen molar-refractivity contribution in [2.24, 2.45) is 0 Å². The summed E-state index contributed by atoms with van der Waals surface area (Å²) in [6, 6.07) is 13.4. The SMILES string of the molecule is CC(C)(C)OC(=O)N1CCN(c2cc(-c3ccc(Cl)cc3)nc(-c3cccnc3)n2)CC1. The van der Waals surface area contributed by atoms with Crippen LogP contribution in [0.4, 0.5) is 10.6 Å². The highest BCUT2D eigenvalue weighted by Crippen LogP contribution is 2.27. The molecule has 0 saturated carbocycles. The van der Waals surface area contributed by atoms with E-state index in [1.807, 2.05) is 63.2 Å². The van der Waals surface area contributed by atoms with Crippen LogP contribution in [0.1, 0.15) is 20.8 Å². The molecule has 1 fully saturated rings. The Morgan fingerprint density at radius 2 is 1.72 bits per heavy atom. The Bertz CT molecular complexity index is 1080. The second kappa shape index (κ2) is 9.12. The number of aromatic nitrogens is 3. The van der Waals surface area contributed by atoms with Crippen molar-refractivity contribution in [3.05, 3.63) is 59.9 Å². The van der Waals surface area contributed by atoms with Crippen molar-refractivity contribution >= 4 is 23.5 Å². The number of halogens is 1. The van der Waals surface area contributed by atoms with Crippen molar-refractivity contribution in [3.63, 3.8) is 0 Å². The fourth-order valence-corrected chi connectivity index (χ4v) is 3.56. The summed E-state index contributed by atoms with van der Waals surface area (Å²) in [6.45, 7) is 8.07. The van der Waals surface area contributed by atoms with Gasteiger partial charge in [-0.3, -0.25) is 4.98 Å². The van der Waals surface area contributed by atoms with Crippen LogP contribution in [0.2, 0.25) is 5.02 Å². The zero-order valence-electron chi connectivity index (χ0n) is 18.5. The molecule has 1 aliphatic heterocycles. The van der Waals surface area contributed by atoms with Gasteiger partial charge in [-0.25, -0.2) is 14.8 Å². The quantitative estimate of drug-likeness (QED) is 0.563. The molecule has 8 heteroatoms. The maximum absolute atomic E-state index is 12.4. The van der Waals surface area contributed by atoms with E-state index in [4.69, 9.17) is 26.3 Å². The van der Waals surface area contributed by atoms with E-state index in [1.165, 1.54) is 0 Å². The second-order valence-electron chi connectivity index (χ2n) is 8.64. The minimum atomic E-state index is -0.507. The summed E-state index contributed by atoms with van der Waals surface area (Å²) in [4.78, 5) is 30.1. The molecule has 0 spiro atoms. The van der Waals surface area contributed by atoms with Crippen molar-refractivity contribution in [3.8, 4) is 22.6 Å². The lowest BCUT2D eigenvalue weighted by molar-refractivity contribution is 0.0240. The van der Waals surface area contributed by atoms with Gasteiger partial charge in [0.25, 0.3) is 0 Å². The third-order valence-corrected chi connectivity index (χ3v) is 5.28. The van der Waals surface area contributed by atoms with Gasteiger partial charge in [0, 0.05) is 60.8 Å². The van der Waals surface area contributed by atoms with Gasteiger partial charge in [0.2, 0.25) is 0 Å². The fourth-order valence-electron chi connectivity index (χ4n) is 3.43. The van der Waals surface area contributed by atoms with E-state index in [0.717, 1.165) is 22.6 Å². The molecule has 3 aromatic rings. The molecule has 3 heterocycles. The normalized spacial score (nSPS) is 14.4. The van der Waals surface area contributed by atoms with Crippen LogP contribution in [0.15, 0.2) is 54.9 Å². The maximum atomic E-state index is 12.4. The Balaban J connectivity index is 1.60. The lowest BCUT2D eigenvalue weighted by atomic mass is 10.1. The van der Waals surface area contributed by atoms with Crippen molar-refractivity contribution in [1.29, 1.82) is 0 Å². The molecule has 7 nitrogen and oxygen atoms in total. The second-order valence-corrected chi connectivity index (χ2v) is 9.07. The number of hydrogen-bond donors (Lipinski definition) is 0. The predicted molar refractivity (Wildman–Crippen MR) is 126 cm³/mol. The molecule has 1 saturated heterocycles. The number of ether oxygens (including phenoxy) is 1. The summed E-state index contributed by atoms with van der Waals surface area (Å²) in [5, 5.41) is 0.675. The monoisotopic (exact) mass is 451 g/mol. The fraction of sp³-hybridized carbons (Fsp3) is 0.333. The zero-order valence-corrected chi connectivity index (χ0v) is 19.2. The third-order valence-electron chi connectivity index (χ3n) is 5.03. The highest BCUT2D eigenvalue weighted by Gasteiger charge is 2.27. The van der Waals surface area contributed by atoms with Crippen LogP contribution in [0.25, 0.3) is 22.6 Å². The molecule has 32 heavy (non-hydrogen) atoms. The molecule has 2 aromatic heterocycles. The first kappa shape index (κ1) is 22.0. The Labute approximate surface area is 193 Å². The van der Waals surface area contributed by atoms with Gasteiger partial charge >= 0.3 is 6.09 Å². The van der Waals surface area contributed by atoms with E-state index in [-0.39, 0.29) is 6.09 Å². The first-order valence-corrected chi connectivity index (χ1v) is 10.9.